The van der Waals surface area contributed by atoms with Crippen molar-refractivity contribution in [1.82, 2.24) is 0 Å². The van der Waals surface area contributed by atoms with Gasteiger partial charge in [0.25, 0.3) is 0 Å². The van der Waals surface area contributed by atoms with Gasteiger partial charge in [0.2, 0.25) is 0 Å². The lowest BCUT2D eigenvalue weighted by molar-refractivity contribution is -0.152. The second-order valence-corrected chi connectivity index (χ2v) is 8.71. The molecular weight excluding hydrogens is 360 g/mol. The van der Waals surface area contributed by atoms with E-state index in [-0.39, 0.29) is 5.97 Å². The summed E-state index contributed by atoms with van der Waals surface area (Å²) in [6, 6.07) is 0. The molecule has 0 aliphatic rings. The number of esters is 1. The van der Waals surface area contributed by atoms with Gasteiger partial charge in [0.05, 0.1) is 0 Å². The molecule has 0 radical (unpaired) electrons. The molecular formula is C26H50O3. The minimum Gasteiger partial charge on any atom is -0.455 e. The lowest BCUT2D eigenvalue weighted by Crippen LogP contribution is -2.19. The molecule has 0 saturated heterocycles. The van der Waals surface area contributed by atoms with Gasteiger partial charge >= 0.3 is 5.97 Å². The Kier molecular flexibility index (Phi) is 22.7. The first-order valence-corrected chi connectivity index (χ1v) is 12.9. The maximum absolute atomic E-state index is 11.9. The van der Waals surface area contributed by atoms with Crippen LogP contribution in [-0.4, -0.2) is 18.4 Å². The summed E-state index contributed by atoms with van der Waals surface area (Å²) in [4.78, 5) is 23.1. The van der Waals surface area contributed by atoms with E-state index < -0.39 is 6.10 Å². The Morgan fingerprint density at radius 2 is 1.00 bits per heavy atom. The summed E-state index contributed by atoms with van der Waals surface area (Å²) in [6.07, 6.45) is 25.3. The second-order valence-electron chi connectivity index (χ2n) is 8.71. The lowest BCUT2D eigenvalue weighted by Gasteiger charge is -2.12. The number of ether oxygens (including phenoxy) is 1. The molecule has 0 bridgehead atoms. The summed E-state index contributed by atoms with van der Waals surface area (Å²) < 4.78 is 5.35. The van der Waals surface area contributed by atoms with E-state index in [1.165, 1.54) is 96.3 Å². The summed E-state index contributed by atoms with van der Waals surface area (Å²) >= 11 is 0. The van der Waals surface area contributed by atoms with Crippen LogP contribution in [-0.2, 0) is 14.3 Å². The van der Waals surface area contributed by atoms with E-state index in [1.807, 2.05) is 0 Å². The molecule has 0 amide bonds. The molecule has 0 spiro atoms. The largest absolute Gasteiger partial charge is 0.455 e. The molecule has 0 aliphatic carbocycles. The first-order valence-electron chi connectivity index (χ1n) is 12.9. The van der Waals surface area contributed by atoms with Gasteiger partial charge in [0, 0.05) is 6.42 Å². The van der Waals surface area contributed by atoms with E-state index in [2.05, 4.69) is 13.8 Å². The van der Waals surface area contributed by atoms with Crippen LogP contribution in [0, 0.1) is 0 Å². The smallest absolute Gasteiger partial charge is 0.306 e. The molecule has 1 atom stereocenters. The summed E-state index contributed by atoms with van der Waals surface area (Å²) in [5.74, 6) is -0.197. The predicted molar refractivity (Wildman–Crippen MR) is 124 cm³/mol. The van der Waals surface area contributed by atoms with Gasteiger partial charge < -0.3 is 4.74 Å². The van der Waals surface area contributed by atoms with Crippen molar-refractivity contribution in [2.45, 2.75) is 155 Å². The normalized spacial score (nSPS) is 12.1. The summed E-state index contributed by atoms with van der Waals surface area (Å²) in [7, 11) is 0. The molecule has 0 heterocycles. The highest BCUT2D eigenvalue weighted by Gasteiger charge is 2.12. The molecule has 29 heavy (non-hydrogen) atoms. The molecule has 0 aromatic rings. The fourth-order valence-corrected chi connectivity index (χ4v) is 3.80. The highest BCUT2D eigenvalue weighted by molar-refractivity contribution is 5.72. The molecule has 0 aromatic heterocycles. The number of rotatable bonds is 23. The number of hydrogen-bond donors (Lipinski definition) is 0. The van der Waals surface area contributed by atoms with Crippen LogP contribution in [0.4, 0.5) is 0 Å². The third kappa shape index (κ3) is 21.7. The Hall–Kier alpha value is -0.860. The maximum atomic E-state index is 11.9. The summed E-state index contributed by atoms with van der Waals surface area (Å²) in [5.41, 5.74) is 0. The molecule has 1 unspecified atom stereocenters. The number of hydrogen-bond acceptors (Lipinski definition) is 3. The number of carbonyl (C=O) groups excluding carboxylic acids is 2. The summed E-state index contributed by atoms with van der Waals surface area (Å²) in [6.45, 7) is 4.49. The van der Waals surface area contributed by atoms with Crippen molar-refractivity contribution in [3.63, 3.8) is 0 Å². The molecule has 3 heteroatoms. The number of unbranched alkanes of at least 4 members (excludes halogenated alkanes) is 17. The van der Waals surface area contributed by atoms with Crippen LogP contribution in [0.1, 0.15) is 149 Å². The molecule has 172 valence electrons. The zero-order valence-electron chi connectivity index (χ0n) is 19.7. The maximum Gasteiger partial charge on any atom is 0.306 e. The van der Waals surface area contributed by atoms with Gasteiger partial charge in [-0.1, -0.05) is 123 Å². The van der Waals surface area contributed by atoms with Gasteiger partial charge in [-0.25, -0.2) is 0 Å². The van der Waals surface area contributed by atoms with E-state index in [9.17, 15) is 9.59 Å². The molecule has 0 N–H and O–H groups in total. The van der Waals surface area contributed by atoms with E-state index in [0.717, 1.165) is 32.0 Å². The Labute approximate surface area is 181 Å². The van der Waals surface area contributed by atoms with Crippen molar-refractivity contribution < 1.29 is 14.3 Å². The summed E-state index contributed by atoms with van der Waals surface area (Å²) in [5, 5.41) is 0. The minimum absolute atomic E-state index is 0.197. The van der Waals surface area contributed by atoms with E-state index in [4.69, 9.17) is 4.74 Å². The van der Waals surface area contributed by atoms with Gasteiger partial charge in [-0.05, 0) is 19.3 Å². The Morgan fingerprint density at radius 3 is 1.41 bits per heavy atom. The molecule has 0 aromatic carbocycles. The topological polar surface area (TPSA) is 43.4 Å². The van der Waals surface area contributed by atoms with Gasteiger partial charge in [-0.15, -0.1) is 0 Å². The second kappa shape index (κ2) is 23.4. The van der Waals surface area contributed by atoms with Crippen LogP contribution in [0.3, 0.4) is 0 Å². The zero-order valence-corrected chi connectivity index (χ0v) is 19.7. The molecule has 0 fully saturated rings. The highest BCUT2D eigenvalue weighted by Crippen LogP contribution is 2.14. The van der Waals surface area contributed by atoms with Crippen molar-refractivity contribution in [2.75, 3.05) is 0 Å². The fraction of sp³-hybridized carbons (Fsp3) is 0.923. The van der Waals surface area contributed by atoms with Gasteiger partial charge in [0.1, 0.15) is 0 Å². The predicted octanol–water partition coefficient (Wildman–Crippen LogP) is 8.33. The van der Waals surface area contributed by atoms with E-state index in [1.54, 1.807) is 0 Å². The van der Waals surface area contributed by atoms with E-state index >= 15 is 0 Å². The monoisotopic (exact) mass is 410 g/mol. The first-order chi connectivity index (χ1) is 14.2. The van der Waals surface area contributed by atoms with Crippen molar-refractivity contribution >= 4 is 12.3 Å². The van der Waals surface area contributed by atoms with Crippen LogP contribution in [0.2, 0.25) is 0 Å². The van der Waals surface area contributed by atoms with E-state index in [0.29, 0.717) is 12.8 Å². The SMILES string of the molecule is CCCCCCCCCCCCC(C=O)OC(=O)CCCCCCCCCCC. The van der Waals surface area contributed by atoms with Crippen LogP contribution in [0.25, 0.3) is 0 Å². The van der Waals surface area contributed by atoms with Crippen LogP contribution >= 0.6 is 0 Å². The first kappa shape index (κ1) is 28.1. The van der Waals surface area contributed by atoms with Crippen molar-refractivity contribution in [3.05, 3.63) is 0 Å². The quantitative estimate of drug-likeness (QED) is 0.0965. The standard InChI is InChI=1S/C26H50O3/c1-3-5-7-9-11-13-15-16-18-20-22-25(24-27)29-26(28)23-21-19-17-14-12-10-8-6-4-2/h24-25H,3-23H2,1-2H3. The Bertz CT molecular complexity index is 354. The average molecular weight is 411 g/mol. The van der Waals surface area contributed by atoms with Crippen LogP contribution in [0.15, 0.2) is 0 Å². The molecule has 0 aliphatic heterocycles. The average Bonchev–Trinajstić information content (AvgIpc) is 2.73. The Morgan fingerprint density at radius 1 is 0.621 bits per heavy atom. The molecule has 0 saturated carbocycles. The van der Waals surface area contributed by atoms with Crippen molar-refractivity contribution in [3.8, 4) is 0 Å². The third-order valence-corrected chi connectivity index (χ3v) is 5.76. The van der Waals surface area contributed by atoms with Crippen LogP contribution < -0.4 is 0 Å². The van der Waals surface area contributed by atoms with Gasteiger partial charge in [0.15, 0.2) is 12.4 Å². The highest BCUT2D eigenvalue weighted by atomic mass is 16.5. The number of aldehydes is 1. The van der Waals surface area contributed by atoms with Gasteiger partial charge in [-0.2, -0.15) is 0 Å². The zero-order chi connectivity index (χ0) is 21.4. The lowest BCUT2D eigenvalue weighted by atomic mass is 10.0. The molecule has 0 rings (SSSR count). The Balaban J connectivity index is 3.47. The van der Waals surface area contributed by atoms with Crippen LogP contribution in [0.5, 0.6) is 0 Å². The van der Waals surface area contributed by atoms with Crippen molar-refractivity contribution in [1.29, 1.82) is 0 Å². The molecule has 3 nitrogen and oxygen atoms in total. The van der Waals surface area contributed by atoms with Gasteiger partial charge in [-0.3, -0.25) is 9.59 Å². The third-order valence-electron chi connectivity index (χ3n) is 5.76. The van der Waals surface area contributed by atoms with Crippen molar-refractivity contribution in [2.24, 2.45) is 0 Å². The minimum atomic E-state index is -0.532. The number of carbonyl (C=O) groups is 2. The fourth-order valence-electron chi connectivity index (χ4n) is 3.80.